The number of carbonyl (C=O) groups is 1. The fourth-order valence-electron chi connectivity index (χ4n) is 3.93. The molecule has 3 aromatic rings. The van der Waals surface area contributed by atoms with E-state index in [1.165, 1.54) is 5.56 Å². The molecule has 1 unspecified atom stereocenters. The molecule has 1 amide bonds. The normalized spacial score (nSPS) is 17.4. The van der Waals surface area contributed by atoms with Gasteiger partial charge in [-0.2, -0.15) is 0 Å². The first-order chi connectivity index (χ1) is 14.0. The molecule has 0 bridgehead atoms. The zero-order valence-corrected chi connectivity index (χ0v) is 16.7. The zero-order chi connectivity index (χ0) is 20.3. The van der Waals surface area contributed by atoms with Crippen LogP contribution in [-0.2, 0) is 10.2 Å². The van der Waals surface area contributed by atoms with E-state index in [-0.39, 0.29) is 17.4 Å². The summed E-state index contributed by atoms with van der Waals surface area (Å²) in [6.07, 6.45) is 6.03. The summed E-state index contributed by atoms with van der Waals surface area (Å²) in [6.45, 7) is 4.51. The zero-order valence-electron chi connectivity index (χ0n) is 16.7. The number of para-hydroxylation sites is 1. The summed E-state index contributed by atoms with van der Waals surface area (Å²) in [5.74, 6) is -0.168. The van der Waals surface area contributed by atoms with E-state index in [9.17, 15) is 4.79 Å². The maximum Gasteiger partial charge on any atom is 0.248 e. The van der Waals surface area contributed by atoms with E-state index >= 15 is 0 Å². The standard InChI is InChI=1S/C25H25N3O/c1-25(2)17-22(27-20-12-7-6-11-19(20)25)24-21(13-8-16-26-24)28-23(29)15-14-18-9-4-3-5-10-18/h3-16,22,27H,17H2,1-2H3,(H,28,29). The summed E-state index contributed by atoms with van der Waals surface area (Å²) in [6, 6.07) is 22.0. The van der Waals surface area contributed by atoms with Crippen LogP contribution in [0, 0.1) is 0 Å². The van der Waals surface area contributed by atoms with E-state index in [4.69, 9.17) is 0 Å². The third-order valence-electron chi connectivity index (χ3n) is 5.35. The minimum atomic E-state index is -0.168. The lowest BCUT2D eigenvalue weighted by Gasteiger charge is -2.38. The largest absolute Gasteiger partial charge is 0.376 e. The Bertz CT molecular complexity index is 1040. The molecule has 0 saturated heterocycles. The topological polar surface area (TPSA) is 54.0 Å². The minimum absolute atomic E-state index is 0.0124. The molecule has 1 aliphatic heterocycles. The number of amides is 1. The number of rotatable bonds is 4. The summed E-state index contributed by atoms with van der Waals surface area (Å²) in [5, 5.41) is 6.61. The highest BCUT2D eigenvalue weighted by atomic mass is 16.1. The van der Waals surface area contributed by atoms with Gasteiger partial charge in [-0.1, -0.05) is 62.4 Å². The Balaban J connectivity index is 1.56. The van der Waals surface area contributed by atoms with Gasteiger partial charge in [0.15, 0.2) is 0 Å². The molecular formula is C25H25N3O. The molecule has 0 radical (unpaired) electrons. The fraction of sp³-hybridized carbons (Fsp3) is 0.200. The Morgan fingerprint density at radius 2 is 1.83 bits per heavy atom. The predicted octanol–water partition coefficient (Wildman–Crippen LogP) is 5.57. The molecule has 0 fully saturated rings. The average Bonchev–Trinajstić information content (AvgIpc) is 2.73. The number of carbonyl (C=O) groups excluding carboxylic acids is 1. The molecule has 2 N–H and O–H groups in total. The molecule has 0 saturated carbocycles. The summed E-state index contributed by atoms with van der Waals surface area (Å²) >= 11 is 0. The van der Waals surface area contributed by atoms with Crippen LogP contribution in [0.4, 0.5) is 11.4 Å². The van der Waals surface area contributed by atoms with Gasteiger partial charge in [-0.15, -0.1) is 0 Å². The number of nitrogens with one attached hydrogen (secondary N) is 2. The van der Waals surface area contributed by atoms with Crippen LogP contribution >= 0.6 is 0 Å². The van der Waals surface area contributed by atoms with Crippen molar-refractivity contribution < 1.29 is 4.79 Å². The van der Waals surface area contributed by atoms with Gasteiger partial charge >= 0.3 is 0 Å². The number of benzene rings is 2. The first kappa shape index (κ1) is 18.9. The number of fused-ring (bicyclic) bond motifs is 1. The summed E-state index contributed by atoms with van der Waals surface area (Å²) in [7, 11) is 0. The van der Waals surface area contributed by atoms with Crippen LogP contribution in [-0.4, -0.2) is 10.9 Å². The van der Waals surface area contributed by atoms with Gasteiger partial charge < -0.3 is 10.6 Å². The van der Waals surface area contributed by atoms with Crippen molar-refractivity contribution in [2.24, 2.45) is 0 Å². The van der Waals surface area contributed by atoms with E-state index in [1.807, 2.05) is 54.6 Å². The highest BCUT2D eigenvalue weighted by Crippen LogP contribution is 2.44. The molecule has 0 spiro atoms. The van der Waals surface area contributed by atoms with Gasteiger partial charge in [0.25, 0.3) is 0 Å². The smallest absolute Gasteiger partial charge is 0.248 e. The number of pyridine rings is 1. The Labute approximate surface area is 171 Å². The maximum atomic E-state index is 12.5. The Morgan fingerprint density at radius 1 is 1.07 bits per heavy atom. The van der Waals surface area contributed by atoms with Gasteiger partial charge in [-0.25, -0.2) is 0 Å². The lowest BCUT2D eigenvalue weighted by atomic mass is 9.74. The monoisotopic (exact) mass is 383 g/mol. The van der Waals surface area contributed by atoms with Gasteiger partial charge in [0.2, 0.25) is 5.91 Å². The van der Waals surface area contributed by atoms with Crippen LogP contribution in [0.1, 0.15) is 43.1 Å². The minimum Gasteiger partial charge on any atom is -0.376 e. The second-order valence-electron chi connectivity index (χ2n) is 8.00. The molecular weight excluding hydrogens is 358 g/mol. The lowest BCUT2D eigenvalue weighted by molar-refractivity contribution is -0.111. The van der Waals surface area contributed by atoms with Crippen molar-refractivity contribution in [3.8, 4) is 0 Å². The van der Waals surface area contributed by atoms with Crippen LogP contribution < -0.4 is 10.6 Å². The number of hydrogen-bond donors (Lipinski definition) is 2. The summed E-state index contributed by atoms with van der Waals surface area (Å²) in [5.41, 5.74) is 5.03. The van der Waals surface area contributed by atoms with Gasteiger partial charge in [-0.3, -0.25) is 9.78 Å². The third kappa shape index (κ3) is 4.21. The first-order valence-electron chi connectivity index (χ1n) is 9.88. The van der Waals surface area contributed by atoms with Crippen LogP contribution in [0.3, 0.4) is 0 Å². The van der Waals surface area contributed by atoms with Gasteiger partial charge in [0, 0.05) is 18.0 Å². The molecule has 1 atom stereocenters. The Kier molecular flexibility index (Phi) is 5.17. The SMILES string of the molecule is CC1(C)CC(c2ncccc2NC(=O)C=Cc2ccccc2)Nc2ccccc21. The number of anilines is 2. The second-order valence-corrected chi connectivity index (χ2v) is 8.00. The van der Waals surface area contributed by atoms with Gasteiger partial charge in [-0.05, 0) is 47.2 Å². The van der Waals surface area contributed by atoms with E-state index < -0.39 is 0 Å². The van der Waals surface area contributed by atoms with Crippen molar-refractivity contribution in [1.82, 2.24) is 4.98 Å². The molecule has 1 aromatic heterocycles. The van der Waals surface area contributed by atoms with Crippen molar-refractivity contribution in [3.63, 3.8) is 0 Å². The van der Waals surface area contributed by atoms with E-state index in [1.54, 1.807) is 12.3 Å². The maximum absolute atomic E-state index is 12.5. The van der Waals surface area contributed by atoms with Crippen LogP contribution in [0.15, 0.2) is 79.0 Å². The van der Waals surface area contributed by atoms with Crippen LogP contribution in [0.2, 0.25) is 0 Å². The van der Waals surface area contributed by atoms with Crippen LogP contribution in [0.5, 0.6) is 0 Å². The molecule has 4 nitrogen and oxygen atoms in total. The van der Waals surface area contributed by atoms with E-state index in [0.717, 1.165) is 29.1 Å². The van der Waals surface area contributed by atoms with Crippen molar-refractivity contribution in [3.05, 3.63) is 95.8 Å². The molecule has 146 valence electrons. The lowest BCUT2D eigenvalue weighted by Crippen LogP contribution is -2.32. The van der Waals surface area contributed by atoms with Crippen molar-refractivity contribution in [2.45, 2.75) is 31.7 Å². The summed E-state index contributed by atoms with van der Waals surface area (Å²) < 4.78 is 0. The highest BCUT2D eigenvalue weighted by molar-refractivity contribution is 6.02. The number of nitrogens with zero attached hydrogens (tertiary/aromatic N) is 1. The molecule has 2 heterocycles. The second kappa shape index (κ2) is 7.92. The summed E-state index contributed by atoms with van der Waals surface area (Å²) in [4.78, 5) is 17.1. The molecule has 2 aromatic carbocycles. The first-order valence-corrected chi connectivity index (χ1v) is 9.88. The van der Waals surface area contributed by atoms with E-state index in [2.05, 4.69) is 47.7 Å². The number of aromatic nitrogens is 1. The highest BCUT2D eigenvalue weighted by Gasteiger charge is 2.34. The Morgan fingerprint density at radius 3 is 2.66 bits per heavy atom. The molecule has 1 aliphatic rings. The average molecular weight is 383 g/mol. The van der Waals surface area contributed by atoms with Crippen molar-refractivity contribution >= 4 is 23.4 Å². The van der Waals surface area contributed by atoms with Crippen molar-refractivity contribution in [2.75, 3.05) is 10.6 Å². The Hall–Kier alpha value is -3.40. The third-order valence-corrected chi connectivity index (χ3v) is 5.35. The fourth-order valence-corrected chi connectivity index (χ4v) is 3.93. The molecule has 4 rings (SSSR count). The van der Waals surface area contributed by atoms with Gasteiger partial charge in [0.05, 0.1) is 17.4 Å². The molecule has 4 heteroatoms. The van der Waals surface area contributed by atoms with E-state index in [0.29, 0.717) is 0 Å². The number of hydrogen-bond acceptors (Lipinski definition) is 3. The molecule has 0 aliphatic carbocycles. The molecule has 29 heavy (non-hydrogen) atoms. The van der Waals surface area contributed by atoms with Gasteiger partial charge in [0.1, 0.15) is 0 Å². The van der Waals surface area contributed by atoms with Crippen molar-refractivity contribution in [1.29, 1.82) is 0 Å². The predicted molar refractivity (Wildman–Crippen MR) is 119 cm³/mol. The van der Waals surface area contributed by atoms with Crippen LogP contribution in [0.25, 0.3) is 6.08 Å². The quantitative estimate of drug-likeness (QED) is 0.579.